The number of aromatic nitrogens is 2. The molecule has 1 aliphatic carbocycles. The number of carbonyl (C=O) groups is 1. The first kappa shape index (κ1) is 12.5. The van der Waals surface area contributed by atoms with Crippen molar-refractivity contribution in [3.8, 4) is 0 Å². The lowest BCUT2D eigenvalue weighted by atomic mass is 10.3. The van der Waals surface area contributed by atoms with E-state index in [1.165, 1.54) is 0 Å². The fourth-order valence-corrected chi connectivity index (χ4v) is 2.45. The fourth-order valence-electron chi connectivity index (χ4n) is 2.10. The van der Waals surface area contributed by atoms with Gasteiger partial charge >= 0.3 is 0 Å². The number of nitrogens with two attached hydrogens (primary N) is 1. The smallest absolute Gasteiger partial charge is 0.222 e. The van der Waals surface area contributed by atoms with Gasteiger partial charge in [-0.05, 0) is 31.0 Å². The molecule has 100 valence electrons. The Morgan fingerprint density at radius 3 is 3.05 bits per heavy atom. The highest BCUT2D eigenvalue weighted by Crippen LogP contribution is 2.22. The van der Waals surface area contributed by atoms with Crippen molar-refractivity contribution in [2.24, 2.45) is 0 Å². The number of amides is 1. The van der Waals surface area contributed by atoms with Gasteiger partial charge < -0.3 is 15.6 Å². The van der Waals surface area contributed by atoms with E-state index in [1.807, 2.05) is 22.8 Å². The Morgan fingerprint density at radius 1 is 1.53 bits per heavy atom. The van der Waals surface area contributed by atoms with E-state index in [-0.39, 0.29) is 5.91 Å². The van der Waals surface area contributed by atoms with Crippen LogP contribution >= 0.6 is 15.9 Å². The average molecular weight is 323 g/mol. The first-order valence-electron chi connectivity index (χ1n) is 6.34. The molecule has 19 heavy (non-hydrogen) atoms. The van der Waals surface area contributed by atoms with Crippen LogP contribution in [0.25, 0.3) is 11.0 Å². The highest BCUT2D eigenvalue weighted by molar-refractivity contribution is 9.10. The monoisotopic (exact) mass is 322 g/mol. The average Bonchev–Trinajstić information content (AvgIpc) is 3.10. The molecule has 1 aromatic heterocycles. The highest BCUT2D eigenvalue weighted by atomic mass is 79.9. The highest BCUT2D eigenvalue weighted by Gasteiger charge is 2.23. The van der Waals surface area contributed by atoms with Crippen LogP contribution in [-0.2, 0) is 11.3 Å². The summed E-state index contributed by atoms with van der Waals surface area (Å²) in [5.74, 6) is 0.535. The molecule has 0 bridgehead atoms. The van der Waals surface area contributed by atoms with Gasteiger partial charge in [-0.2, -0.15) is 0 Å². The number of halogens is 1. The van der Waals surface area contributed by atoms with E-state index in [1.54, 1.807) is 0 Å². The van der Waals surface area contributed by atoms with Gasteiger partial charge in [0.1, 0.15) is 0 Å². The largest absolute Gasteiger partial charge is 0.369 e. The molecule has 1 aromatic carbocycles. The van der Waals surface area contributed by atoms with E-state index >= 15 is 0 Å². The van der Waals surface area contributed by atoms with Gasteiger partial charge in [0, 0.05) is 23.5 Å². The molecular weight excluding hydrogens is 308 g/mol. The Hall–Kier alpha value is -1.56. The second-order valence-corrected chi connectivity index (χ2v) is 5.76. The SMILES string of the molecule is Nc1nc2cc(Br)ccc2n1CCC(=O)NC1CC1. The van der Waals surface area contributed by atoms with Crippen LogP contribution in [0.2, 0.25) is 0 Å². The molecule has 2 aromatic rings. The molecule has 5 nitrogen and oxygen atoms in total. The number of hydrogen-bond donors (Lipinski definition) is 2. The van der Waals surface area contributed by atoms with Gasteiger partial charge in [0.2, 0.25) is 11.9 Å². The van der Waals surface area contributed by atoms with Gasteiger partial charge in [0.15, 0.2) is 0 Å². The third-order valence-electron chi connectivity index (χ3n) is 3.24. The molecule has 1 aliphatic rings. The lowest BCUT2D eigenvalue weighted by molar-refractivity contribution is -0.121. The van der Waals surface area contributed by atoms with Gasteiger partial charge in [-0.25, -0.2) is 4.98 Å². The standard InChI is InChI=1S/C13H15BrN4O/c14-8-1-4-11-10(7-8)17-13(15)18(11)6-5-12(19)16-9-2-3-9/h1,4,7,9H,2-3,5-6H2,(H2,15,17)(H,16,19). The summed E-state index contributed by atoms with van der Waals surface area (Å²) in [5.41, 5.74) is 7.71. The molecule has 1 fully saturated rings. The number of rotatable bonds is 4. The minimum Gasteiger partial charge on any atom is -0.369 e. The summed E-state index contributed by atoms with van der Waals surface area (Å²) in [7, 11) is 0. The number of nitrogens with one attached hydrogen (secondary N) is 1. The molecule has 3 N–H and O–H groups in total. The number of carbonyl (C=O) groups excluding carboxylic acids is 1. The van der Waals surface area contributed by atoms with E-state index in [0.29, 0.717) is 25.0 Å². The zero-order valence-electron chi connectivity index (χ0n) is 10.4. The number of fused-ring (bicyclic) bond motifs is 1. The maximum absolute atomic E-state index is 11.7. The Kier molecular flexibility index (Phi) is 3.18. The lowest BCUT2D eigenvalue weighted by Gasteiger charge is -2.07. The first-order valence-corrected chi connectivity index (χ1v) is 7.13. The predicted octanol–water partition coefficient (Wildman–Crippen LogP) is 2.05. The van der Waals surface area contributed by atoms with Crippen LogP contribution in [-0.4, -0.2) is 21.5 Å². The molecule has 1 amide bonds. The first-order chi connectivity index (χ1) is 9.13. The summed E-state index contributed by atoms with van der Waals surface area (Å²) in [6, 6.07) is 6.23. The molecule has 0 spiro atoms. The van der Waals surface area contributed by atoms with Gasteiger partial charge in [-0.3, -0.25) is 4.79 Å². The molecule has 1 saturated carbocycles. The molecule has 0 aliphatic heterocycles. The predicted molar refractivity (Wildman–Crippen MR) is 77.6 cm³/mol. The summed E-state index contributed by atoms with van der Waals surface area (Å²) >= 11 is 3.41. The minimum absolute atomic E-state index is 0.0841. The number of nitrogen functional groups attached to an aromatic ring is 1. The van der Waals surface area contributed by atoms with Crippen LogP contribution < -0.4 is 11.1 Å². The van der Waals surface area contributed by atoms with Gasteiger partial charge in [-0.1, -0.05) is 15.9 Å². The minimum atomic E-state index is 0.0841. The van der Waals surface area contributed by atoms with Crippen LogP contribution in [0, 0.1) is 0 Å². The molecule has 1 heterocycles. The third-order valence-corrected chi connectivity index (χ3v) is 3.74. The Balaban J connectivity index is 1.76. The van der Waals surface area contributed by atoms with Gasteiger partial charge in [0.25, 0.3) is 0 Å². The van der Waals surface area contributed by atoms with Crippen molar-refractivity contribution in [2.75, 3.05) is 5.73 Å². The Bertz CT molecular complexity index is 633. The third kappa shape index (κ3) is 2.73. The van der Waals surface area contributed by atoms with Crippen molar-refractivity contribution in [1.82, 2.24) is 14.9 Å². The van der Waals surface area contributed by atoms with E-state index in [0.717, 1.165) is 28.3 Å². The number of anilines is 1. The summed E-state index contributed by atoms with van der Waals surface area (Å²) < 4.78 is 2.85. The van der Waals surface area contributed by atoms with E-state index < -0.39 is 0 Å². The molecule has 0 unspecified atom stereocenters. The summed E-state index contributed by atoms with van der Waals surface area (Å²) in [5, 5.41) is 2.97. The van der Waals surface area contributed by atoms with Crippen LogP contribution in [0.3, 0.4) is 0 Å². The van der Waals surface area contributed by atoms with Crippen molar-refractivity contribution in [3.63, 3.8) is 0 Å². The zero-order chi connectivity index (χ0) is 13.4. The number of nitrogens with zero attached hydrogens (tertiary/aromatic N) is 2. The van der Waals surface area contributed by atoms with Crippen LogP contribution in [0.5, 0.6) is 0 Å². The Morgan fingerprint density at radius 2 is 2.32 bits per heavy atom. The topological polar surface area (TPSA) is 72.9 Å². The quantitative estimate of drug-likeness (QED) is 0.904. The number of imidazole rings is 1. The molecule has 3 rings (SSSR count). The van der Waals surface area contributed by atoms with Crippen LogP contribution in [0.1, 0.15) is 19.3 Å². The van der Waals surface area contributed by atoms with Crippen molar-refractivity contribution in [3.05, 3.63) is 22.7 Å². The molecule has 6 heteroatoms. The number of benzene rings is 1. The second-order valence-electron chi connectivity index (χ2n) is 4.85. The fraction of sp³-hybridized carbons (Fsp3) is 0.385. The van der Waals surface area contributed by atoms with Gasteiger partial charge in [-0.15, -0.1) is 0 Å². The van der Waals surface area contributed by atoms with E-state index in [9.17, 15) is 4.79 Å². The maximum atomic E-state index is 11.7. The van der Waals surface area contributed by atoms with Crippen molar-refractivity contribution >= 4 is 38.8 Å². The van der Waals surface area contributed by atoms with Crippen molar-refractivity contribution < 1.29 is 4.79 Å². The molecular formula is C13H15BrN4O. The molecule has 0 saturated heterocycles. The van der Waals surface area contributed by atoms with Crippen LogP contribution in [0.15, 0.2) is 22.7 Å². The summed E-state index contributed by atoms with van der Waals surface area (Å²) in [6.07, 6.45) is 2.65. The zero-order valence-corrected chi connectivity index (χ0v) is 12.0. The van der Waals surface area contributed by atoms with E-state index in [2.05, 4.69) is 26.2 Å². The van der Waals surface area contributed by atoms with Crippen molar-refractivity contribution in [2.45, 2.75) is 31.8 Å². The summed E-state index contributed by atoms with van der Waals surface area (Å²) in [4.78, 5) is 16.0. The van der Waals surface area contributed by atoms with Crippen molar-refractivity contribution in [1.29, 1.82) is 0 Å². The van der Waals surface area contributed by atoms with E-state index in [4.69, 9.17) is 5.73 Å². The van der Waals surface area contributed by atoms with Gasteiger partial charge in [0.05, 0.1) is 11.0 Å². The lowest BCUT2D eigenvalue weighted by Crippen LogP contribution is -2.26. The molecule has 0 atom stereocenters. The second kappa shape index (κ2) is 4.85. The summed E-state index contributed by atoms with van der Waals surface area (Å²) in [6.45, 7) is 0.558. The molecule has 0 radical (unpaired) electrons. The normalized spacial score (nSPS) is 14.8. The number of aryl methyl sites for hydroxylation is 1. The van der Waals surface area contributed by atoms with Crippen LogP contribution in [0.4, 0.5) is 5.95 Å². The maximum Gasteiger partial charge on any atom is 0.222 e. The Labute approximate surface area is 119 Å². The number of hydrogen-bond acceptors (Lipinski definition) is 3.